The lowest BCUT2D eigenvalue weighted by atomic mass is 9.88. The van der Waals surface area contributed by atoms with Crippen molar-refractivity contribution in [1.29, 1.82) is 0 Å². The Kier molecular flexibility index (Phi) is 5.01. The van der Waals surface area contributed by atoms with Crippen LogP contribution in [0.3, 0.4) is 0 Å². The molecule has 1 rings (SSSR count). The van der Waals surface area contributed by atoms with E-state index in [9.17, 15) is 0 Å². The third kappa shape index (κ3) is 3.01. The van der Waals surface area contributed by atoms with Crippen LogP contribution in [0.15, 0.2) is 12.1 Å². The maximum Gasteiger partial charge on any atom is 0.124 e. The smallest absolute Gasteiger partial charge is 0.124 e. The van der Waals surface area contributed by atoms with Gasteiger partial charge in [-0.05, 0) is 36.5 Å². The number of hydrogen-bond donors (Lipinski definition) is 1. The van der Waals surface area contributed by atoms with Gasteiger partial charge >= 0.3 is 0 Å². The van der Waals surface area contributed by atoms with Gasteiger partial charge < -0.3 is 10.5 Å². The third-order valence-corrected chi connectivity index (χ3v) is 3.63. The van der Waals surface area contributed by atoms with E-state index in [2.05, 4.69) is 39.8 Å². The SMILES string of the molecule is CCC(CC)C(N)c1cc(C)c(OC)c(C)c1. The first kappa shape index (κ1) is 14.0. The first-order valence-electron chi connectivity index (χ1n) is 6.45. The summed E-state index contributed by atoms with van der Waals surface area (Å²) in [5.41, 5.74) is 9.92. The number of hydrogen-bond acceptors (Lipinski definition) is 2. The molecule has 2 nitrogen and oxygen atoms in total. The minimum absolute atomic E-state index is 0.133. The Morgan fingerprint density at radius 2 is 1.59 bits per heavy atom. The average molecular weight is 235 g/mol. The van der Waals surface area contributed by atoms with Gasteiger partial charge in [-0.25, -0.2) is 0 Å². The van der Waals surface area contributed by atoms with E-state index in [1.54, 1.807) is 7.11 Å². The fourth-order valence-corrected chi connectivity index (χ4v) is 2.57. The molecule has 1 unspecified atom stereocenters. The van der Waals surface area contributed by atoms with Gasteiger partial charge in [0.2, 0.25) is 0 Å². The molecule has 0 aromatic heterocycles. The summed E-state index contributed by atoms with van der Waals surface area (Å²) in [5, 5.41) is 0. The van der Waals surface area contributed by atoms with Crippen molar-refractivity contribution in [2.45, 2.75) is 46.6 Å². The van der Waals surface area contributed by atoms with Crippen molar-refractivity contribution in [2.24, 2.45) is 11.7 Å². The molecule has 96 valence electrons. The highest BCUT2D eigenvalue weighted by molar-refractivity contribution is 5.44. The van der Waals surface area contributed by atoms with Crippen molar-refractivity contribution < 1.29 is 4.74 Å². The molecule has 0 fully saturated rings. The standard InChI is InChI=1S/C15H25NO/c1-6-12(7-2)14(16)13-8-10(3)15(17-5)11(4)9-13/h8-9,12,14H,6-7,16H2,1-5H3. The maximum absolute atomic E-state index is 6.35. The Morgan fingerprint density at radius 1 is 1.12 bits per heavy atom. The molecule has 0 aliphatic rings. The van der Waals surface area contributed by atoms with Gasteiger partial charge in [0.1, 0.15) is 5.75 Å². The van der Waals surface area contributed by atoms with Crippen LogP contribution in [-0.4, -0.2) is 7.11 Å². The molecule has 0 heterocycles. The lowest BCUT2D eigenvalue weighted by Gasteiger charge is -2.23. The Bertz CT molecular complexity index is 346. The van der Waals surface area contributed by atoms with Gasteiger partial charge in [0, 0.05) is 6.04 Å². The molecule has 0 radical (unpaired) electrons. The first-order chi connectivity index (χ1) is 8.04. The van der Waals surface area contributed by atoms with E-state index in [0.717, 1.165) is 18.6 Å². The van der Waals surface area contributed by atoms with Crippen molar-refractivity contribution >= 4 is 0 Å². The lowest BCUT2D eigenvalue weighted by Crippen LogP contribution is -2.20. The summed E-state index contributed by atoms with van der Waals surface area (Å²) in [5.74, 6) is 1.53. The zero-order chi connectivity index (χ0) is 13.0. The van der Waals surface area contributed by atoms with Crippen molar-refractivity contribution in [1.82, 2.24) is 0 Å². The highest BCUT2D eigenvalue weighted by Gasteiger charge is 2.17. The predicted octanol–water partition coefficient (Wildman–Crippen LogP) is 3.75. The molecule has 0 saturated heterocycles. The van der Waals surface area contributed by atoms with E-state index >= 15 is 0 Å². The summed E-state index contributed by atoms with van der Waals surface area (Å²) < 4.78 is 5.38. The molecule has 17 heavy (non-hydrogen) atoms. The third-order valence-electron chi connectivity index (χ3n) is 3.63. The molecule has 1 atom stereocenters. The monoisotopic (exact) mass is 235 g/mol. The Labute approximate surface area is 105 Å². The van der Waals surface area contributed by atoms with Crippen LogP contribution in [0.5, 0.6) is 5.75 Å². The average Bonchev–Trinajstić information content (AvgIpc) is 2.30. The van der Waals surface area contributed by atoms with Gasteiger partial charge in [-0.3, -0.25) is 0 Å². The number of methoxy groups -OCH3 is 1. The molecule has 0 amide bonds. The normalized spacial score (nSPS) is 12.9. The van der Waals surface area contributed by atoms with Gasteiger partial charge in [-0.15, -0.1) is 0 Å². The topological polar surface area (TPSA) is 35.2 Å². The Hall–Kier alpha value is -1.02. The Morgan fingerprint density at radius 3 is 1.94 bits per heavy atom. The van der Waals surface area contributed by atoms with Crippen molar-refractivity contribution in [3.8, 4) is 5.75 Å². The number of benzene rings is 1. The Balaban J connectivity index is 3.07. The number of nitrogens with two attached hydrogens (primary N) is 1. The molecular formula is C15H25NO. The van der Waals surface area contributed by atoms with E-state index in [-0.39, 0.29) is 6.04 Å². The van der Waals surface area contributed by atoms with E-state index in [1.807, 2.05) is 0 Å². The van der Waals surface area contributed by atoms with E-state index in [1.165, 1.54) is 16.7 Å². The molecule has 0 spiro atoms. The van der Waals surface area contributed by atoms with E-state index < -0.39 is 0 Å². The number of aryl methyl sites for hydroxylation is 2. The fraction of sp³-hybridized carbons (Fsp3) is 0.600. The van der Waals surface area contributed by atoms with Gasteiger partial charge in [0.25, 0.3) is 0 Å². The van der Waals surface area contributed by atoms with Crippen LogP contribution >= 0.6 is 0 Å². The molecule has 1 aromatic carbocycles. The highest BCUT2D eigenvalue weighted by atomic mass is 16.5. The summed E-state index contributed by atoms with van der Waals surface area (Å²) in [4.78, 5) is 0. The number of rotatable bonds is 5. The molecule has 1 aromatic rings. The predicted molar refractivity (Wildman–Crippen MR) is 73.5 cm³/mol. The van der Waals surface area contributed by atoms with Crippen LogP contribution in [0, 0.1) is 19.8 Å². The summed E-state index contributed by atoms with van der Waals surface area (Å²) in [7, 11) is 1.72. The molecule has 2 heteroatoms. The van der Waals surface area contributed by atoms with Crippen LogP contribution in [0.25, 0.3) is 0 Å². The molecular weight excluding hydrogens is 210 g/mol. The van der Waals surface area contributed by atoms with Gasteiger partial charge in [0.15, 0.2) is 0 Å². The minimum atomic E-state index is 0.133. The molecule has 0 aliphatic heterocycles. The molecule has 0 aliphatic carbocycles. The van der Waals surface area contributed by atoms with Crippen LogP contribution in [0.1, 0.15) is 49.4 Å². The van der Waals surface area contributed by atoms with Crippen molar-refractivity contribution in [3.63, 3.8) is 0 Å². The molecule has 2 N–H and O–H groups in total. The van der Waals surface area contributed by atoms with Crippen molar-refractivity contribution in [3.05, 3.63) is 28.8 Å². The molecule has 0 saturated carbocycles. The second kappa shape index (κ2) is 6.06. The summed E-state index contributed by atoms with van der Waals surface area (Å²) in [6.07, 6.45) is 2.25. The van der Waals surface area contributed by atoms with Gasteiger partial charge in [-0.2, -0.15) is 0 Å². The fourth-order valence-electron chi connectivity index (χ4n) is 2.57. The van der Waals surface area contributed by atoms with Gasteiger partial charge in [-0.1, -0.05) is 38.8 Å². The quantitative estimate of drug-likeness (QED) is 0.843. The van der Waals surface area contributed by atoms with E-state index in [0.29, 0.717) is 5.92 Å². The summed E-state index contributed by atoms with van der Waals surface area (Å²) in [6, 6.07) is 4.46. The van der Waals surface area contributed by atoms with Gasteiger partial charge in [0.05, 0.1) is 7.11 Å². The van der Waals surface area contributed by atoms with Crippen LogP contribution in [0.4, 0.5) is 0 Å². The van der Waals surface area contributed by atoms with Crippen LogP contribution in [0.2, 0.25) is 0 Å². The summed E-state index contributed by atoms with van der Waals surface area (Å²) >= 11 is 0. The first-order valence-corrected chi connectivity index (χ1v) is 6.45. The maximum atomic E-state index is 6.35. The number of ether oxygens (including phenoxy) is 1. The minimum Gasteiger partial charge on any atom is -0.496 e. The largest absolute Gasteiger partial charge is 0.496 e. The van der Waals surface area contributed by atoms with E-state index in [4.69, 9.17) is 10.5 Å². The zero-order valence-corrected chi connectivity index (χ0v) is 11.7. The highest BCUT2D eigenvalue weighted by Crippen LogP contribution is 2.31. The lowest BCUT2D eigenvalue weighted by molar-refractivity contribution is 0.398. The van der Waals surface area contributed by atoms with Crippen molar-refractivity contribution in [2.75, 3.05) is 7.11 Å². The summed E-state index contributed by atoms with van der Waals surface area (Å²) in [6.45, 7) is 8.57. The molecule has 0 bridgehead atoms. The zero-order valence-electron chi connectivity index (χ0n) is 11.7. The second-order valence-electron chi connectivity index (χ2n) is 4.79. The second-order valence-corrected chi connectivity index (χ2v) is 4.79. The van der Waals surface area contributed by atoms with Crippen LogP contribution < -0.4 is 10.5 Å². The van der Waals surface area contributed by atoms with Crippen LogP contribution in [-0.2, 0) is 0 Å².